The Hall–Kier alpha value is -12.0. The molecule has 4 heterocycles. The first kappa shape index (κ1) is 121. The zero-order valence-electron chi connectivity index (χ0n) is 82.8. The number of benzene rings is 2. The standard InChI is InChI=1S/C92H144N18O33S/c1-9-57(4)79-84(123)97-50-75(117)100-71(83(122)103-70(49-73(93)115)88(126)110-26-20-63(113)52-110)55-144(132)87-66(48-69(81(120)96-51-76(118)106-79)102-86(125)80(98-59(6)112)58(5)72(114)53-111)65-17-16-64(47-68(65)104-87)143-91(130)107(7)27-28-109(29-32-136-37-40-140-45-43-139-39-36-135-31-22-77(119)108-24-18-61(19-25-108)89(127)128)92(131)142-54-60-12-14-62(15-13-60)99-82(121)67(11-10-23-95-90(94)129)101-85(124)78(56(2)3)105-74(116)21-30-134-35-38-138-44-46-141-42-41-137-34-33-133-8/h12-17,47,56-58,61,63,67,69-72,78-80,104,111,113-114H,9-11,18-46,48-55H2,1-8H3,(H2,93,115)(H,96,120)(H,97,123)(H,98,112)(H,99,121)(H,100,117)(H,101,124)(H,102,125)(H,103,122)(H,105,116)(H,106,118)(H,127,128)(H3,94,95,129)/t57-,58-,63+,67-,69+,70-,71-,72-,78-,79-,80-,144?/m0/s1. The van der Waals surface area contributed by atoms with Gasteiger partial charge in [0.25, 0.3) is 0 Å². The number of aromatic amines is 1. The molecule has 3 aliphatic rings. The Morgan fingerprint density at radius 3 is 1.79 bits per heavy atom. The van der Waals surface area contributed by atoms with Crippen molar-refractivity contribution in [2.75, 3.05) is 210 Å². The Labute approximate surface area is 836 Å². The second kappa shape index (κ2) is 65.4. The highest BCUT2D eigenvalue weighted by atomic mass is 32.2. The van der Waals surface area contributed by atoms with Crippen LogP contribution in [-0.2, 0) is 138 Å². The fourth-order valence-corrected chi connectivity index (χ4v) is 16.3. The molecule has 1 unspecified atom stereocenters. The lowest BCUT2D eigenvalue weighted by Gasteiger charge is -2.30. The highest BCUT2D eigenvalue weighted by molar-refractivity contribution is 7.85. The van der Waals surface area contributed by atoms with Crippen molar-refractivity contribution >= 4 is 128 Å². The van der Waals surface area contributed by atoms with Crippen LogP contribution in [0.4, 0.5) is 20.1 Å². The molecule has 3 aromatic rings. The van der Waals surface area contributed by atoms with Crippen LogP contribution < -0.4 is 74.7 Å². The normalized spacial score (nSPS) is 18.1. The summed E-state index contributed by atoms with van der Waals surface area (Å²) in [5, 5.41) is 68.0. The van der Waals surface area contributed by atoms with Crippen molar-refractivity contribution in [1.82, 2.24) is 77.8 Å². The van der Waals surface area contributed by atoms with E-state index in [-0.39, 0.29) is 196 Å². The van der Waals surface area contributed by atoms with Gasteiger partial charge in [-0.1, -0.05) is 53.2 Å². The smallest absolute Gasteiger partial charge is 0.415 e. The van der Waals surface area contributed by atoms with Crippen molar-refractivity contribution < 1.29 is 158 Å². The first-order valence-corrected chi connectivity index (χ1v) is 49.2. The number of fused-ring (bicyclic) bond motifs is 3. The summed E-state index contributed by atoms with van der Waals surface area (Å²) in [6, 6.07) is -1.58. The Balaban J connectivity index is 1.22. The molecule has 17 amide bonds. The summed E-state index contributed by atoms with van der Waals surface area (Å²) < 4.78 is 76.7. The number of carbonyl (C=O) groups is 17. The zero-order chi connectivity index (χ0) is 106. The number of likely N-dealkylation sites (tertiary alicyclic amines) is 2. The van der Waals surface area contributed by atoms with E-state index in [0.29, 0.717) is 71.1 Å². The molecule has 12 atom stereocenters. The number of aliphatic hydroxyl groups is 3. The zero-order valence-corrected chi connectivity index (χ0v) is 83.6. The van der Waals surface area contributed by atoms with Gasteiger partial charge in [-0.3, -0.25) is 71.3 Å². The van der Waals surface area contributed by atoms with Crippen LogP contribution in [0, 0.1) is 23.7 Å². The number of carboxylic acids is 1. The molecule has 2 fully saturated rings. The van der Waals surface area contributed by atoms with Crippen molar-refractivity contribution in [3.63, 3.8) is 0 Å². The van der Waals surface area contributed by atoms with E-state index in [4.69, 9.17) is 63.6 Å². The minimum atomic E-state index is -2.63. The van der Waals surface area contributed by atoms with Gasteiger partial charge in [0, 0.05) is 109 Å². The molecule has 1 aromatic heterocycles. The summed E-state index contributed by atoms with van der Waals surface area (Å²) in [6.07, 6.45) is -4.53. The Morgan fingerprint density at radius 1 is 0.646 bits per heavy atom. The Bertz CT molecular complexity index is 4680. The number of anilines is 1. The highest BCUT2D eigenvalue weighted by Gasteiger charge is 2.40. The van der Waals surface area contributed by atoms with Gasteiger partial charge in [-0.2, -0.15) is 0 Å². The minimum Gasteiger partial charge on any atom is -0.481 e. The molecule has 3 aliphatic heterocycles. The van der Waals surface area contributed by atoms with E-state index in [1.807, 2.05) is 0 Å². The average molecular weight is 2060 g/mol. The molecule has 51 nitrogen and oxygen atoms in total. The topological polar surface area (TPSA) is 703 Å². The van der Waals surface area contributed by atoms with Gasteiger partial charge in [0.05, 0.1) is 185 Å². The number of hydrogen-bond acceptors (Lipinski definition) is 32. The molecule has 806 valence electrons. The molecule has 2 saturated heterocycles. The predicted molar refractivity (Wildman–Crippen MR) is 513 cm³/mol. The summed E-state index contributed by atoms with van der Waals surface area (Å²) in [4.78, 5) is 238. The largest absolute Gasteiger partial charge is 0.481 e. The summed E-state index contributed by atoms with van der Waals surface area (Å²) in [5.41, 5.74) is 11.5. The lowest BCUT2D eigenvalue weighted by atomic mass is 9.94. The second-order valence-corrected chi connectivity index (χ2v) is 36.3. The second-order valence-electron chi connectivity index (χ2n) is 34.8. The Kier molecular flexibility index (Phi) is 54.9. The maximum atomic E-state index is 15.5. The molecular formula is C92H144N18O33S. The average Bonchev–Trinajstić information content (AvgIpc) is 1.62. The summed E-state index contributed by atoms with van der Waals surface area (Å²) in [5.74, 6) is -15.7. The van der Waals surface area contributed by atoms with Crippen LogP contribution in [0.5, 0.6) is 5.75 Å². The first-order valence-electron chi connectivity index (χ1n) is 47.9. The molecule has 6 rings (SSSR count). The number of rotatable bonds is 60. The number of aliphatic hydroxyl groups excluding tert-OH is 3. The number of β-amino-alcohol motifs (C(OH)–C–C–N with tert-alkyl or cyclic N) is 1. The Morgan fingerprint density at radius 2 is 1.23 bits per heavy atom. The van der Waals surface area contributed by atoms with Gasteiger partial charge in [0.2, 0.25) is 76.8 Å². The number of hydrogen-bond donors (Lipinski definition) is 18. The number of primary amides is 2. The van der Waals surface area contributed by atoms with Crippen LogP contribution in [0.2, 0.25) is 0 Å². The van der Waals surface area contributed by atoms with Crippen molar-refractivity contribution in [3.8, 4) is 5.75 Å². The van der Waals surface area contributed by atoms with Crippen LogP contribution in [-0.4, -0.2) is 409 Å². The van der Waals surface area contributed by atoms with E-state index in [9.17, 15) is 102 Å². The number of aromatic nitrogens is 1. The third-order valence-corrected chi connectivity index (χ3v) is 24.9. The number of ether oxygens (including phenoxy) is 11. The van der Waals surface area contributed by atoms with Crippen LogP contribution in [0.1, 0.15) is 110 Å². The van der Waals surface area contributed by atoms with E-state index in [1.165, 1.54) is 54.1 Å². The number of amides is 17. The van der Waals surface area contributed by atoms with Crippen molar-refractivity contribution in [3.05, 3.63) is 53.6 Å². The maximum absolute atomic E-state index is 15.5. The molecule has 0 spiro atoms. The van der Waals surface area contributed by atoms with Gasteiger partial charge in [-0.15, -0.1) is 0 Å². The molecule has 0 radical (unpaired) electrons. The van der Waals surface area contributed by atoms with Gasteiger partial charge >= 0.3 is 24.2 Å². The lowest BCUT2D eigenvalue weighted by molar-refractivity contribution is -0.146. The van der Waals surface area contributed by atoms with Crippen LogP contribution >= 0.6 is 0 Å². The maximum Gasteiger partial charge on any atom is 0.415 e. The number of nitrogens with zero attached hydrogens (tertiary/aromatic N) is 4. The number of urea groups is 1. The molecule has 0 saturated carbocycles. The molecule has 144 heavy (non-hydrogen) atoms. The van der Waals surface area contributed by atoms with Crippen molar-refractivity contribution in [1.29, 1.82) is 0 Å². The van der Waals surface area contributed by atoms with Gasteiger partial charge < -0.3 is 167 Å². The summed E-state index contributed by atoms with van der Waals surface area (Å²) in [7, 11) is 0.297. The van der Waals surface area contributed by atoms with E-state index in [1.54, 1.807) is 51.8 Å². The van der Waals surface area contributed by atoms with Crippen LogP contribution in [0.25, 0.3) is 10.9 Å². The lowest BCUT2D eigenvalue weighted by Crippen LogP contribution is -2.59. The number of piperidine rings is 1. The third-order valence-electron chi connectivity index (χ3n) is 23.4. The third kappa shape index (κ3) is 43.9. The van der Waals surface area contributed by atoms with Gasteiger partial charge in [0.1, 0.15) is 59.7 Å². The fourth-order valence-electron chi connectivity index (χ4n) is 14.9. The van der Waals surface area contributed by atoms with E-state index in [2.05, 4.69) is 63.5 Å². The number of carboxylic acid groups (broad SMARTS) is 1. The monoisotopic (exact) mass is 2060 g/mol. The quantitative estimate of drug-likeness (QED) is 0.0239. The number of likely N-dealkylation sites (N-methyl/N-ethyl adjacent to an activating group) is 1. The minimum absolute atomic E-state index is 0.00632. The summed E-state index contributed by atoms with van der Waals surface area (Å²) in [6.45, 7) is 9.99. The van der Waals surface area contributed by atoms with Crippen LogP contribution in [0.3, 0.4) is 0 Å². The van der Waals surface area contributed by atoms with Gasteiger partial charge in [-0.05, 0) is 79.3 Å². The predicted octanol–water partition coefficient (Wildman–Crippen LogP) is -4.02. The molecule has 52 heteroatoms. The fraction of sp³-hybridized carbons (Fsp3) is 0.663. The number of aliphatic carboxylic acids is 1. The SMILES string of the molecule is CC[C@H](C)[C@@H]1NC(=O)CNC(=O)[C@H](NC(=O)[C@@H](NC(C)=O)[C@@H](C)[C@@H](O)CO)Cc2c([nH]c3cc(OC(=O)N(C)CCN(CCOCCOCCOCCOCCC(=O)N4CCC(C(=O)O)CC4)C(=O)OCc4ccc(NC(=O)[C@H](CCCNC(N)=O)NC(=O)[C@@H](NC(=O)CCOCCOCCOCCOCCOC)C(C)C)cc4)ccc23)S(=O)C[C@@H](C(=O)N[C@@H](CC(N)=O)C(=O)N2CC[C@@H](O)C2)NC(=O)CNC1=O. The number of H-pyrrole nitrogens is 1. The number of methoxy groups -OCH3 is 1. The van der Waals surface area contributed by atoms with Crippen LogP contribution in [0.15, 0.2) is 47.5 Å². The first-order chi connectivity index (χ1) is 68.8. The van der Waals surface area contributed by atoms with Gasteiger partial charge in [0.15, 0.2) is 0 Å². The van der Waals surface area contributed by atoms with E-state index < -0.39 is 222 Å². The van der Waals surface area contributed by atoms with Crippen molar-refractivity contribution in [2.45, 2.75) is 172 Å². The van der Waals surface area contributed by atoms with E-state index in [0.717, 1.165) is 11.8 Å². The number of nitrogens with two attached hydrogens (primary N) is 2. The molecular weight excluding hydrogens is 1920 g/mol. The number of carbonyl (C=O) groups excluding carboxylic acids is 16. The number of nitrogens with one attached hydrogen (secondary N) is 12. The molecule has 20 N–H and O–H groups in total. The molecule has 2 aromatic carbocycles. The molecule has 0 bridgehead atoms. The van der Waals surface area contributed by atoms with E-state index >= 15 is 4.21 Å². The highest BCUT2D eigenvalue weighted by Crippen LogP contribution is 2.31. The van der Waals surface area contributed by atoms with Crippen molar-refractivity contribution in [2.24, 2.45) is 35.1 Å². The summed E-state index contributed by atoms with van der Waals surface area (Å²) >= 11 is 0. The molecule has 0 aliphatic carbocycles. The van der Waals surface area contributed by atoms with Gasteiger partial charge in [-0.25, -0.2) is 14.4 Å².